The van der Waals surface area contributed by atoms with Gasteiger partial charge in [-0.3, -0.25) is 4.79 Å². The van der Waals surface area contributed by atoms with Crippen LogP contribution in [0.15, 0.2) is 48.5 Å². The second kappa shape index (κ2) is 8.36. The molecule has 2 aliphatic carbocycles. The summed E-state index contributed by atoms with van der Waals surface area (Å²) >= 11 is 0. The lowest BCUT2D eigenvalue weighted by molar-refractivity contribution is -0.142. The summed E-state index contributed by atoms with van der Waals surface area (Å²) in [6.45, 7) is 2.44. The van der Waals surface area contributed by atoms with E-state index in [9.17, 15) is 15.0 Å². The van der Waals surface area contributed by atoms with Crippen molar-refractivity contribution in [3.8, 4) is 17.2 Å². The normalized spacial score (nSPS) is 22.9. The summed E-state index contributed by atoms with van der Waals surface area (Å²) in [5.41, 5.74) is 1.07. The number of carboxylic acids is 1. The van der Waals surface area contributed by atoms with Gasteiger partial charge in [-0.1, -0.05) is 25.1 Å². The monoisotopic (exact) mass is 396 g/mol. The van der Waals surface area contributed by atoms with Crippen molar-refractivity contribution in [1.29, 1.82) is 0 Å². The number of carboxylic acid groups (broad SMARTS) is 1. The molecule has 2 unspecified atom stereocenters. The van der Waals surface area contributed by atoms with Gasteiger partial charge in [-0.25, -0.2) is 0 Å². The Morgan fingerprint density at radius 1 is 1.10 bits per heavy atom. The quantitative estimate of drug-likeness (QED) is 0.634. The number of phenolic OH excluding ortho intramolecular Hbond substituents is 1. The van der Waals surface area contributed by atoms with E-state index in [1.807, 2.05) is 30.3 Å². The molecule has 0 aromatic heterocycles. The molecule has 0 bridgehead atoms. The summed E-state index contributed by atoms with van der Waals surface area (Å²) in [7, 11) is 0. The van der Waals surface area contributed by atoms with E-state index in [4.69, 9.17) is 9.47 Å². The lowest BCUT2D eigenvalue weighted by Crippen LogP contribution is -2.37. The fourth-order valence-electron chi connectivity index (χ4n) is 4.26. The molecule has 2 aliphatic rings. The summed E-state index contributed by atoms with van der Waals surface area (Å²) in [5.74, 6) is 1.56. The van der Waals surface area contributed by atoms with E-state index >= 15 is 0 Å². The first-order chi connectivity index (χ1) is 14.0. The Morgan fingerprint density at radius 2 is 1.83 bits per heavy atom. The maximum atomic E-state index is 11.5. The van der Waals surface area contributed by atoms with E-state index in [-0.39, 0.29) is 23.7 Å². The van der Waals surface area contributed by atoms with Crippen molar-refractivity contribution in [2.45, 2.75) is 44.6 Å². The molecule has 2 N–H and O–H groups in total. The van der Waals surface area contributed by atoms with Crippen LogP contribution in [0.5, 0.6) is 17.2 Å². The summed E-state index contributed by atoms with van der Waals surface area (Å²) < 4.78 is 11.9. The van der Waals surface area contributed by atoms with Crippen molar-refractivity contribution >= 4 is 5.97 Å². The van der Waals surface area contributed by atoms with Crippen molar-refractivity contribution in [2.24, 2.45) is 17.8 Å². The molecule has 0 radical (unpaired) electrons. The Bertz CT molecular complexity index is 854. The number of carbonyl (C=O) groups is 1. The molecule has 0 spiro atoms. The zero-order valence-corrected chi connectivity index (χ0v) is 16.7. The number of phenols is 1. The first-order valence-electron chi connectivity index (χ1n) is 10.4. The lowest BCUT2D eigenvalue weighted by atomic mass is 9.82. The maximum Gasteiger partial charge on any atom is 0.306 e. The number of aromatic hydroxyl groups is 1. The van der Waals surface area contributed by atoms with Gasteiger partial charge in [0.1, 0.15) is 17.2 Å². The Hall–Kier alpha value is -2.69. The smallest absolute Gasteiger partial charge is 0.306 e. The number of hydrogen-bond acceptors (Lipinski definition) is 4. The molecule has 5 nitrogen and oxygen atoms in total. The van der Waals surface area contributed by atoms with Gasteiger partial charge in [0.2, 0.25) is 0 Å². The van der Waals surface area contributed by atoms with Gasteiger partial charge in [0, 0.05) is 6.07 Å². The number of rotatable bonds is 9. The molecular formula is C24H28O5. The highest BCUT2D eigenvalue weighted by Gasteiger charge is 2.38. The van der Waals surface area contributed by atoms with Crippen molar-refractivity contribution in [1.82, 2.24) is 0 Å². The van der Waals surface area contributed by atoms with Crippen LogP contribution in [-0.4, -0.2) is 28.9 Å². The van der Waals surface area contributed by atoms with Crippen LogP contribution in [0.4, 0.5) is 0 Å². The molecular weight excluding hydrogens is 368 g/mol. The molecule has 2 saturated carbocycles. The third-order valence-electron chi connectivity index (χ3n) is 6.10. The number of benzene rings is 2. The number of hydrogen-bond donors (Lipinski definition) is 2. The van der Waals surface area contributed by atoms with E-state index in [0.717, 1.165) is 37.0 Å². The van der Waals surface area contributed by atoms with Crippen LogP contribution in [0.3, 0.4) is 0 Å². The molecule has 2 aromatic rings. The fourth-order valence-corrected chi connectivity index (χ4v) is 4.26. The van der Waals surface area contributed by atoms with Gasteiger partial charge < -0.3 is 19.7 Å². The average molecular weight is 396 g/mol. The maximum absolute atomic E-state index is 11.5. The summed E-state index contributed by atoms with van der Waals surface area (Å²) in [6, 6.07) is 14.8. The lowest BCUT2D eigenvalue weighted by Gasteiger charge is -2.35. The first kappa shape index (κ1) is 19.6. The molecule has 2 fully saturated rings. The van der Waals surface area contributed by atoms with Gasteiger partial charge in [0.05, 0.1) is 18.6 Å². The summed E-state index contributed by atoms with van der Waals surface area (Å²) in [6.07, 6.45) is 4.23. The van der Waals surface area contributed by atoms with Gasteiger partial charge in [0.15, 0.2) is 0 Å². The number of ether oxygens (including phenoxy) is 2. The summed E-state index contributed by atoms with van der Waals surface area (Å²) in [4.78, 5) is 11.5. The predicted molar refractivity (Wildman–Crippen MR) is 109 cm³/mol. The third kappa shape index (κ3) is 4.84. The van der Waals surface area contributed by atoms with Crippen LogP contribution in [0.25, 0.3) is 0 Å². The second-order valence-electron chi connectivity index (χ2n) is 8.45. The average Bonchev–Trinajstić information content (AvgIpc) is 3.49. The molecule has 154 valence electrons. The van der Waals surface area contributed by atoms with Crippen LogP contribution in [0.2, 0.25) is 0 Å². The zero-order valence-electron chi connectivity index (χ0n) is 16.7. The Morgan fingerprint density at radius 3 is 2.52 bits per heavy atom. The van der Waals surface area contributed by atoms with E-state index in [1.54, 1.807) is 25.1 Å². The molecule has 0 amide bonds. The molecule has 5 heteroatoms. The fraction of sp³-hybridized carbons (Fsp3) is 0.458. The standard InChI is InChI=1S/C24H28O5/c1-15(24(26)27)23(17-8-9-17)18-4-2-6-20(12-18)28-14-16-10-22(11-16)29-21-7-3-5-19(25)13-21/h2-7,12-13,15-17,22-23,25H,8-11,14H2,1H3,(H,26,27). The molecule has 0 heterocycles. The summed E-state index contributed by atoms with van der Waals surface area (Å²) in [5, 5.41) is 19.0. The molecule has 2 atom stereocenters. The van der Waals surface area contributed by atoms with Gasteiger partial charge in [-0.15, -0.1) is 0 Å². The van der Waals surface area contributed by atoms with E-state index in [2.05, 4.69) is 0 Å². The van der Waals surface area contributed by atoms with Crippen LogP contribution in [0, 0.1) is 17.8 Å². The van der Waals surface area contributed by atoms with E-state index in [0.29, 0.717) is 24.2 Å². The molecule has 0 aliphatic heterocycles. The largest absolute Gasteiger partial charge is 0.508 e. The highest BCUT2D eigenvalue weighted by atomic mass is 16.5. The van der Waals surface area contributed by atoms with Gasteiger partial charge in [0.25, 0.3) is 0 Å². The van der Waals surface area contributed by atoms with E-state index in [1.165, 1.54) is 0 Å². The topological polar surface area (TPSA) is 76.0 Å². The molecule has 0 saturated heterocycles. The van der Waals surface area contributed by atoms with Crippen LogP contribution < -0.4 is 9.47 Å². The van der Waals surface area contributed by atoms with Crippen molar-refractivity contribution in [3.05, 3.63) is 54.1 Å². The SMILES string of the molecule is CC(C(=O)O)C(c1cccc(OCC2CC(Oc3cccc(O)c3)C2)c1)C1CC1. The van der Waals surface area contributed by atoms with Gasteiger partial charge >= 0.3 is 5.97 Å². The Labute approximate surface area is 171 Å². The minimum Gasteiger partial charge on any atom is -0.508 e. The Balaban J connectivity index is 1.29. The second-order valence-corrected chi connectivity index (χ2v) is 8.45. The zero-order chi connectivity index (χ0) is 20.4. The minimum absolute atomic E-state index is 0.0554. The van der Waals surface area contributed by atoms with Crippen LogP contribution in [0.1, 0.15) is 44.1 Å². The van der Waals surface area contributed by atoms with Crippen LogP contribution in [-0.2, 0) is 4.79 Å². The molecule has 4 rings (SSSR count). The van der Waals surface area contributed by atoms with Crippen molar-refractivity contribution < 1.29 is 24.5 Å². The predicted octanol–water partition coefficient (Wildman–Crippen LogP) is 4.84. The minimum atomic E-state index is -0.736. The van der Waals surface area contributed by atoms with Gasteiger partial charge in [-0.05, 0) is 73.3 Å². The van der Waals surface area contributed by atoms with Crippen molar-refractivity contribution in [2.75, 3.05) is 6.61 Å². The third-order valence-corrected chi connectivity index (χ3v) is 6.10. The first-order valence-corrected chi connectivity index (χ1v) is 10.4. The number of aliphatic carboxylic acids is 1. The highest BCUT2D eigenvalue weighted by Crippen LogP contribution is 2.47. The molecule has 2 aromatic carbocycles. The highest BCUT2D eigenvalue weighted by molar-refractivity contribution is 5.71. The molecule has 29 heavy (non-hydrogen) atoms. The van der Waals surface area contributed by atoms with Crippen molar-refractivity contribution in [3.63, 3.8) is 0 Å². The van der Waals surface area contributed by atoms with E-state index < -0.39 is 5.97 Å². The van der Waals surface area contributed by atoms with Gasteiger partial charge in [-0.2, -0.15) is 0 Å². The Kier molecular flexibility index (Phi) is 5.65. The van der Waals surface area contributed by atoms with Crippen LogP contribution >= 0.6 is 0 Å².